The molecule has 2 rings (SSSR count). The molecule has 2 atom stereocenters. The van der Waals surface area contributed by atoms with Gasteiger partial charge in [0.05, 0.1) is 12.3 Å². The molecule has 0 saturated heterocycles. The number of pyridine rings is 1. The van der Waals surface area contributed by atoms with Crippen LogP contribution in [0.2, 0.25) is 0 Å². The van der Waals surface area contributed by atoms with Crippen LogP contribution in [-0.4, -0.2) is 17.6 Å². The molecule has 1 fully saturated rings. The summed E-state index contributed by atoms with van der Waals surface area (Å²) in [6, 6.07) is 4.59. The lowest BCUT2D eigenvalue weighted by molar-refractivity contribution is 0.214. The number of nitrogens with zero attached hydrogens (tertiary/aromatic N) is 1. The van der Waals surface area contributed by atoms with Crippen LogP contribution in [0.3, 0.4) is 0 Å². The lowest BCUT2D eigenvalue weighted by Crippen LogP contribution is -2.22. The first-order chi connectivity index (χ1) is 10.0. The molecule has 21 heavy (non-hydrogen) atoms. The highest BCUT2D eigenvalue weighted by atomic mass is 16.5. The molecule has 1 aromatic heterocycles. The summed E-state index contributed by atoms with van der Waals surface area (Å²) in [5.41, 5.74) is 1.47. The van der Waals surface area contributed by atoms with Crippen LogP contribution in [0.15, 0.2) is 18.3 Å². The molecule has 0 aromatic carbocycles. The third kappa shape index (κ3) is 4.62. The molecule has 1 aliphatic rings. The average Bonchev–Trinajstić information content (AvgIpc) is 2.66. The Bertz CT molecular complexity index is 439. The summed E-state index contributed by atoms with van der Waals surface area (Å²) in [5, 5.41) is 3.66. The molecule has 1 heterocycles. The molecule has 3 nitrogen and oxygen atoms in total. The van der Waals surface area contributed by atoms with Crippen molar-refractivity contribution in [3.8, 4) is 5.88 Å². The summed E-state index contributed by atoms with van der Waals surface area (Å²) < 4.78 is 5.61. The fourth-order valence-electron chi connectivity index (χ4n) is 3.28. The number of aromatic nitrogens is 1. The summed E-state index contributed by atoms with van der Waals surface area (Å²) in [5.74, 6) is 1.57. The summed E-state index contributed by atoms with van der Waals surface area (Å²) in [4.78, 5) is 4.33. The van der Waals surface area contributed by atoms with Crippen molar-refractivity contribution in [3.05, 3.63) is 18.3 Å². The fraction of sp³-hybridized carbons (Fsp3) is 0.722. The molecule has 0 radical (unpaired) electrons. The van der Waals surface area contributed by atoms with Crippen molar-refractivity contribution in [1.82, 2.24) is 4.98 Å². The Morgan fingerprint density at radius 1 is 1.24 bits per heavy atom. The van der Waals surface area contributed by atoms with Gasteiger partial charge < -0.3 is 10.1 Å². The van der Waals surface area contributed by atoms with E-state index in [0.717, 1.165) is 17.5 Å². The van der Waals surface area contributed by atoms with Gasteiger partial charge in [0, 0.05) is 12.2 Å². The van der Waals surface area contributed by atoms with E-state index in [1.165, 1.54) is 32.1 Å². The van der Waals surface area contributed by atoms with E-state index in [4.69, 9.17) is 4.74 Å². The monoisotopic (exact) mass is 290 g/mol. The Kier molecular flexibility index (Phi) is 5.49. The summed E-state index contributed by atoms with van der Waals surface area (Å²) in [7, 11) is 0. The Morgan fingerprint density at radius 2 is 2.05 bits per heavy atom. The zero-order valence-corrected chi connectivity index (χ0v) is 14.0. The average molecular weight is 290 g/mol. The van der Waals surface area contributed by atoms with E-state index < -0.39 is 0 Å². The Hall–Kier alpha value is -1.25. The fourth-order valence-corrected chi connectivity index (χ4v) is 3.28. The lowest BCUT2D eigenvalue weighted by Gasteiger charge is -2.29. The first kappa shape index (κ1) is 16.1. The summed E-state index contributed by atoms with van der Waals surface area (Å²) >= 11 is 0. The molecule has 1 N–H and O–H groups in total. The normalized spacial score (nSPS) is 23.4. The standard InChI is InChI=1S/C18H30N2O/c1-5-21-17-16(10-7-13-19-17)20-15-9-6-8-14(11-12-15)18(2,3)4/h7,10,13-15,20H,5-6,8-9,11-12H2,1-4H3. The highest BCUT2D eigenvalue weighted by Gasteiger charge is 2.28. The van der Waals surface area contributed by atoms with E-state index in [0.29, 0.717) is 18.1 Å². The number of hydrogen-bond donors (Lipinski definition) is 1. The molecule has 1 saturated carbocycles. The molecular weight excluding hydrogens is 260 g/mol. The van der Waals surface area contributed by atoms with Crippen molar-refractivity contribution in [2.75, 3.05) is 11.9 Å². The molecule has 3 heteroatoms. The number of anilines is 1. The predicted molar refractivity (Wildman–Crippen MR) is 88.8 cm³/mol. The maximum atomic E-state index is 5.61. The third-order valence-electron chi connectivity index (χ3n) is 4.61. The van der Waals surface area contributed by atoms with Crippen LogP contribution in [0.1, 0.15) is 59.8 Å². The molecule has 0 spiro atoms. The van der Waals surface area contributed by atoms with Gasteiger partial charge in [0.2, 0.25) is 5.88 Å². The van der Waals surface area contributed by atoms with Gasteiger partial charge in [0.15, 0.2) is 0 Å². The van der Waals surface area contributed by atoms with E-state index in [2.05, 4.69) is 37.1 Å². The van der Waals surface area contributed by atoms with Crippen LogP contribution in [0.25, 0.3) is 0 Å². The van der Waals surface area contributed by atoms with Gasteiger partial charge in [-0.2, -0.15) is 0 Å². The Labute approximate surface area is 129 Å². The van der Waals surface area contributed by atoms with Gasteiger partial charge in [0.1, 0.15) is 0 Å². The predicted octanol–water partition coefficient (Wildman–Crippen LogP) is 4.89. The second-order valence-corrected chi connectivity index (χ2v) is 7.20. The van der Waals surface area contributed by atoms with Gasteiger partial charge in [-0.3, -0.25) is 0 Å². The topological polar surface area (TPSA) is 34.1 Å². The van der Waals surface area contributed by atoms with Crippen molar-refractivity contribution < 1.29 is 4.74 Å². The second kappa shape index (κ2) is 7.15. The zero-order chi connectivity index (χ0) is 15.3. The first-order valence-corrected chi connectivity index (χ1v) is 8.35. The van der Waals surface area contributed by atoms with E-state index in [1.807, 2.05) is 13.0 Å². The van der Waals surface area contributed by atoms with Gasteiger partial charge in [-0.1, -0.05) is 27.2 Å². The van der Waals surface area contributed by atoms with Gasteiger partial charge in [-0.15, -0.1) is 0 Å². The van der Waals surface area contributed by atoms with E-state index in [1.54, 1.807) is 6.20 Å². The molecule has 0 amide bonds. The smallest absolute Gasteiger partial charge is 0.237 e. The molecule has 0 bridgehead atoms. The number of hydrogen-bond acceptors (Lipinski definition) is 3. The SMILES string of the molecule is CCOc1ncccc1NC1CCCC(C(C)(C)C)CC1. The van der Waals surface area contributed by atoms with Crippen molar-refractivity contribution >= 4 is 5.69 Å². The highest BCUT2D eigenvalue weighted by Crippen LogP contribution is 2.37. The second-order valence-electron chi connectivity index (χ2n) is 7.20. The largest absolute Gasteiger partial charge is 0.476 e. The van der Waals surface area contributed by atoms with Gasteiger partial charge in [0.25, 0.3) is 0 Å². The van der Waals surface area contributed by atoms with Crippen LogP contribution in [0, 0.1) is 11.3 Å². The van der Waals surface area contributed by atoms with Crippen molar-refractivity contribution in [1.29, 1.82) is 0 Å². The quantitative estimate of drug-likeness (QED) is 0.802. The Balaban J connectivity index is 1.98. The Morgan fingerprint density at radius 3 is 2.76 bits per heavy atom. The maximum absolute atomic E-state index is 5.61. The lowest BCUT2D eigenvalue weighted by atomic mass is 9.76. The molecule has 1 aliphatic carbocycles. The van der Waals surface area contributed by atoms with E-state index in [-0.39, 0.29) is 0 Å². The van der Waals surface area contributed by atoms with Gasteiger partial charge >= 0.3 is 0 Å². The summed E-state index contributed by atoms with van der Waals surface area (Å²) in [6.45, 7) is 9.78. The summed E-state index contributed by atoms with van der Waals surface area (Å²) in [6.07, 6.45) is 8.25. The number of nitrogens with one attached hydrogen (secondary N) is 1. The van der Waals surface area contributed by atoms with Crippen LogP contribution < -0.4 is 10.1 Å². The molecule has 2 unspecified atom stereocenters. The first-order valence-electron chi connectivity index (χ1n) is 8.35. The van der Waals surface area contributed by atoms with Crippen molar-refractivity contribution in [2.45, 2.75) is 65.8 Å². The minimum absolute atomic E-state index is 0.430. The maximum Gasteiger partial charge on any atom is 0.237 e. The number of ether oxygens (including phenoxy) is 1. The molecular formula is C18H30N2O. The van der Waals surface area contributed by atoms with Gasteiger partial charge in [-0.25, -0.2) is 4.98 Å². The molecule has 0 aliphatic heterocycles. The molecule has 1 aromatic rings. The third-order valence-corrected chi connectivity index (χ3v) is 4.61. The van der Waals surface area contributed by atoms with Crippen molar-refractivity contribution in [3.63, 3.8) is 0 Å². The van der Waals surface area contributed by atoms with Gasteiger partial charge in [-0.05, 0) is 56.1 Å². The molecule has 118 valence electrons. The van der Waals surface area contributed by atoms with E-state index >= 15 is 0 Å². The van der Waals surface area contributed by atoms with E-state index in [9.17, 15) is 0 Å². The highest BCUT2D eigenvalue weighted by molar-refractivity contribution is 5.52. The zero-order valence-electron chi connectivity index (χ0n) is 14.0. The van der Waals surface area contributed by atoms with Crippen LogP contribution >= 0.6 is 0 Å². The van der Waals surface area contributed by atoms with Crippen LogP contribution in [-0.2, 0) is 0 Å². The minimum atomic E-state index is 0.430. The van der Waals surface area contributed by atoms with Crippen molar-refractivity contribution in [2.24, 2.45) is 11.3 Å². The number of rotatable bonds is 4. The minimum Gasteiger partial charge on any atom is -0.476 e. The van der Waals surface area contributed by atoms with Crippen LogP contribution in [0.5, 0.6) is 5.88 Å². The van der Waals surface area contributed by atoms with Crippen LogP contribution in [0.4, 0.5) is 5.69 Å².